The number of fused-ring (bicyclic) bond motifs is 1. The van der Waals surface area contributed by atoms with Gasteiger partial charge in [0.2, 0.25) is 12.7 Å². The summed E-state index contributed by atoms with van der Waals surface area (Å²) in [5.74, 6) is 3.08. The molecule has 7 heteroatoms. The van der Waals surface area contributed by atoms with Crippen LogP contribution in [0.15, 0.2) is 30.5 Å². The molecule has 2 aromatic rings. The summed E-state index contributed by atoms with van der Waals surface area (Å²) in [6.07, 6.45) is 4.88. The number of carbonyl (C=O) groups excluding carboxylic acids is 1. The topological polar surface area (TPSA) is 68.6 Å². The number of likely N-dealkylation sites (tertiary alicyclic amines) is 1. The summed E-state index contributed by atoms with van der Waals surface area (Å²) in [5.41, 5.74) is 0.870. The van der Waals surface area contributed by atoms with Crippen LogP contribution in [0, 0.1) is 11.3 Å². The highest BCUT2D eigenvalue weighted by molar-refractivity contribution is 5.93. The largest absolute Gasteiger partial charge is 0.454 e. The summed E-state index contributed by atoms with van der Waals surface area (Å²) < 4.78 is 12.9. The Hall–Kier alpha value is -2.54. The summed E-state index contributed by atoms with van der Waals surface area (Å²) in [7, 11) is 0. The number of carbonyl (C=O) groups is 1. The molecule has 1 fully saturated rings. The molecule has 1 unspecified atom stereocenters. The summed E-state index contributed by atoms with van der Waals surface area (Å²) in [6.45, 7) is 11.6. The van der Waals surface area contributed by atoms with Crippen LogP contribution in [0.5, 0.6) is 11.5 Å². The van der Waals surface area contributed by atoms with Gasteiger partial charge in [-0.05, 0) is 42.9 Å². The molecular weight excluding hydrogens is 392 g/mol. The second-order valence-electron chi connectivity index (χ2n) is 9.89. The van der Waals surface area contributed by atoms with E-state index in [-0.39, 0.29) is 5.91 Å². The fourth-order valence-corrected chi connectivity index (χ4v) is 4.33. The zero-order chi connectivity index (χ0) is 22.0. The first-order valence-electron chi connectivity index (χ1n) is 11.3. The highest BCUT2D eigenvalue weighted by Crippen LogP contribution is 2.33. The Kier molecular flexibility index (Phi) is 6.23. The van der Waals surface area contributed by atoms with Crippen molar-refractivity contribution in [3.8, 4) is 11.5 Å². The average molecular weight is 427 g/mol. The maximum absolute atomic E-state index is 12.4. The van der Waals surface area contributed by atoms with Crippen LogP contribution >= 0.6 is 0 Å². The predicted octanol–water partition coefficient (Wildman–Crippen LogP) is 4.11. The van der Waals surface area contributed by atoms with Crippen LogP contribution < -0.4 is 14.8 Å². The van der Waals surface area contributed by atoms with E-state index < -0.39 is 5.41 Å². The molecule has 1 saturated heterocycles. The van der Waals surface area contributed by atoms with Crippen molar-refractivity contribution in [2.45, 2.75) is 53.0 Å². The van der Waals surface area contributed by atoms with E-state index in [2.05, 4.69) is 34.4 Å². The average Bonchev–Trinajstić information content (AvgIpc) is 3.36. The molecule has 0 aliphatic carbocycles. The third-order valence-electron chi connectivity index (χ3n) is 6.09. The molecule has 2 aliphatic heterocycles. The first-order chi connectivity index (χ1) is 14.8. The lowest BCUT2D eigenvalue weighted by Gasteiger charge is -2.34. The molecule has 3 heterocycles. The normalized spacial score (nSPS) is 18.2. The molecule has 1 amide bonds. The fraction of sp³-hybridized carbons (Fsp3) is 0.583. The fourth-order valence-electron chi connectivity index (χ4n) is 4.33. The first-order valence-corrected chi connectivity index (χ1v) is 11.3. The summed E-state index contributed by atoms with van der Waals surface area (Å²) in [5, 5.41) is 7.55. The Bertz CT molecular complexity index is 910. The minimum Gasteiger partial charge on any atom is -0.454 e. The van der Waals surface area contributed by atoms with Gasteiger partial charge in [0.15, 0.2) is 11.5 Å². The lowest BCUT2D eigenvalue weighted by atomic mass is 9.96. The quantitative estimate of drug-likeness (QED) is 0.753. The van der Waals surface area contributed by atoms with Gasteiger partial charge in [0, 0.05) is 31.1 Å². The molecule has 1 atom stereocenters. The van der Waals surface area contributed by atoms with Crippen LogP contribution in [-0.4, -0.2) is 47.0 Å². The van der Waals surface area contributed by atoms with Gasteiger partial charge in [-0.25, -0.2) is 4.68 Å². The lowest BCUT2D eigenvalue weighted by molar-refractivity contribution is -0.123. The number of ether oxygens (including phenoxy) is 2. The number of anilines is 1. The molecule has 168 valence electrons. The molecule has 31 heavy (non-hydrogen) atoms. The Balaban J connectivity index is 1.27. The summed E-state index contributed by atoms with van der Waals surface area (Å²) >= 11 is 0. The van der Waals surface area contributed by atoms with E-state index in [0.717, 1.165) is 56.2 Å². The Morgan fingerprint density at radius 1 is 1.19 bits per heavy atom. The van der Waals surface area contributed by atoms with Gasteiger partial charge in [0.05, 0.1) is 12.2 Å². The number of benzene rings is 1. The van der Waals surface area contributed by atoms with Crippen LogP contribution in [0.2, 0.25) is 0 Å². The predicted molar refractivity (Wildman–Crippen MR) is 120 cm³/mol. The molecule has 2 aliphatic rings. The van der Waals surface area contributed by atoms with Crippen LogP contribution in [-0.2, 0) is 11.2 Å². The summed E-state index contributed by atoms with van der Waals surface area (Å²) in [6, 6.07) is 8.47. The van der Waals surface area contributed by atoms with Gasteiger partial charge in [0.25, 0.3) is 0 Å². The Morgan fingerprint density at radius 2 is 1.94 bits per heavy atom. The van der Waals surface area contributed by atoms with E-state index in [0.29, 0.717) is 18.8 Å². The number of hydrogen-bond donors (Lipinski definition) is 1. The zero-order valence-corrected chi connectivity index (χ0v) is 19.1. The molecule has 7 nitrogen and oxygen atoms in total. The van der Waals surface area contributed by atoms with Gasteiger partial charge >= 0.3 is 0 Å². The number of nitrogens with zero attached hydrogens (tertiary/aromatic N) is 3. The van der Waals surface area contributed by atoms with Gasteiger partial charge in [-0.2, -0.15) is 5.10 Å². The minimum atomic E-state index is -0.424. The van der Waals surface area contributed by atoms with Gasteiger partial charge in [-0.1, -0.05) is 33.8 Å². The van der Waals surface area contributed by atoms with E-state index in [1.165, 1.54) is 5.56 Å². The standard InChI is InChI=1S/C24H34N4O3/c1-17(13-18-5-6-20-21(14-18)31-16-30-20)15-27-11-8-19(9-12-27)28-22(7-10-25-28)26-23(29)24(2,3)4/h5-7,10,14,17,19H,8-9,11-13,15-16H2,1-4H3,(H,26,29). The van der Waals surface area contributed by atoms with Crippen molar-refractivity contribution < 1.29 is 14.3 Å². The van der Waals surface area contributed by atoms with Crippen molar-refractivity contribution in [2.24, 2.45) is 11.3 Å². The maximum atomic E-state index is 12.4. The smallest absolute Gasteiger partial charge is 0.231 e. The van der Waals surface area contributed by atoms with Crippen molar-refractivity contribution in [3.05, 3.63) is 36.0 Å². The molecule has 1 N–H and O–H groups in total. The summed E-state index contributed by atoms with van der Waals surface area (Å²) in [4.78, 5) is 14.9. The van der Waals surface area contributed by atoms with Crippen molar-refractivity contribution in [2.75, 3.05) is 31.7 Å². The van der Waals surface area contributed by atoms with Gasteiger partial charge < -0.3 is 19.7 Å². The Labute approximate surface area is 184 Å². The second-order valence-corrected chi connectivity index (χ2v) is 9.89. The highest BCUT2D eigenvalue weighted by atomic mass is 16.7. The lowest BCUT2D eigenvalue weighted by Crippen LogP contribution is -2.38. The van der Waals surface area contributed by atoms with Gasteiger partial charge in [-0.15, -0.1) is 0 Å². The van der Waals surface area contributed by atoms with Crippen molar-refractivity contribution in [3.63, 3.8) is 0 Å². The van der Waals surface area contributed by atoms with Gasteiger partial charge in [0.1, 0.15) is 5.82 Å². The molecule has 0 saturated carbocycles. The minimum absolute atomic E-state index is 0.0176. The number of piperidine rings is 1. The third-order valence-corrected chi connectivity index (χ3v) is 6.09. The zero-order valence-electron chi connectivity index (χ0n) is 19.1. The van der Waals surface area contributed by atoms with Gasteiger partial charge in [-0.3, -0.25) is 4.79 Å². The van der Waals surface area contributed by atoms with Crippen LogP contribution in [0.25, 0.3) is 0 Å². The maximum Gasteiger partial charge on any atom is 0.231 e. The molecule has 1 aromatic carbocycles. The monoisotopic (exact) mass is 426 g/mol. The molecule has 0 radical (unpaired) electrons. The number of amides is 1. The van der Waals surface area contributed by atoms with Crippen molar-refractivity contribution >= 4 is 11.7 Å². The molecule has 4 rings (SSSR count). The van der Waals surface area contributed by atoms with E-state index in [4.69, 9.17) is 9.47 Å². The molecular formula is C24H34N4O3. The molecule has 0 bridgehead atoms. The number of rotatable bonds is 6. The van der Waals surface area contributed by atoms with E-state index in [1.807, 2.05) is 37.6 Å². The number of hydrogen-bond acceptors (Lipinski definition) is 5. The van der Waals surface area contributed by atoms with Crippen molar-refractivity contribution in [1.29, 1.82) is 0 Å². The van der Waals surface area contributed by atoms with Crippen LogP contribution in [0.3, 0.4) is 0 Å². The molecule has 0 spiro atoms. The number of aromatic nitrogens is 2. The van der Waals surface area contributed by atoms with Crippen LogP contribution in [0.1, 0.15) is 52.1 Å². The Morgan fingerprint density at radius 3 is 2.68 bits per heavy atom. The first kappa shape index (κ1) is 21.7. The SMILES string of the molecule is CC(Cc1ccc2c(c1)OCO2)CN1CCC(n2nccc2NC(=O)C(C)(C)C)CC1. The van der Waals surface area contributed by atoms with Crippen LogP contribution in [0.4, 0.5) is 5.82 Å². The highest BCUT2D eigenvalue weighted by Gasteiger charge is 2.26. The molecule has 1 aromatic heterocycles. The van der Waals surface area contributed by atoms with Crippen molar-refractivity contribution in [1.82, 2.24) is 14.7 Å². The third kappa shape index (κ3) is 5.21. The van der Waals surface area contributed by atoms with E-state index in [1.54, 1.807) is 6.20 Å². The number of nitrogens with one attached hydrogen (secondary N) is 1. The van der Waals surface area contributed by atoms with E-state index >= 15 is 0 Å². The second kappa shape index (κ2) is 8.91. The van der Waals surface area contributed by atoms with E-state index in [9.17, 15) is 4.79 Å².